The van der Waals surface area contributed by atoms with E-state index < -0.39 is 10.0 Å². The van der Waals surface area contributed by atoms with Crippen molar-refractivity contribution >= 4 is 39.1 Å². The van der Waals surface area contributed by atoms with E-state index in [0.717, 1.165) is 24.0 Å². The van der Waals surface area contributed by atoms with Gasteiger partial charge in [0.1, 0.15) is 0 Å². The molecule has 2 aromatic rings. The number of carbonyl (C=O) groups excluding carboxylic acids is 1. The fourth-order valence-electron chi connectivity index (χ4n) is 4.09. The largest absolute Gasteiger partial charge is 0.335 e. The molecule has 0 aromatic heterocycles. The Kier molecular flexibility index (Phi) is 7.12. The van der Waals surface area contributed by atoms with E-state index in [0.29, 0.717) is 36.1 Å². The van der Waals surface area contributed by atoms with Crippen LogP contribution in [-0.4, -0.2) is 44.4 Å². The van der Waals surface area contributed by atoms with Gasteiger partial charge < -0.3 is 10.2 Å². The van der Waals surface area contributed by atoms with Gasteiger partial charge in [-0.25, -0.2) is 13.1 Å². The second kappa shape index (κ2) is 9.69. The van der Waals surface area contributed by atoms with Gasteiger partial charge in [0, 0.05) is 31.7 Å². The number of nitrogens with one attached hydrogen (secondary N) is 2. The van der Waals surface area contributed by atoms with Gasteiger partial charge in [-0.3, -0.25) is 4.79 Å². The van der Waals surface area contributed by atoms with Crippen LogP contribution in [0, 0.1) is 12.8 Å². The molecule has 1 amide bonds. The van der Waals surface area contributed by atoms with Crippen LogP contribution in [-0.2, 0) is 21.4 Å². The van der Waals surface area contributed by atoms with Crippen LogP contribution in [0.25, 0.3) is 0 Å². The second-order valence-corrected chi connectivity index (χ2v) is 11.1. The number of rotatable bonds is 7. The van der Waals surface area contributed by atoms with Crippen molar-refractivity contribution in [1.29, 1.82) is 0 Å². The van der Waals surface area contributed by atoms with Crippen molar-refractivity contribution in [2.45, 2.75) is 49.7 Å². The minimum absolute atomic E-state index is 0.0234. The van der Waals surface area contributed by atoms with Crippen molar-refractivity contribution in [2.24, 2.45) is 5.92 Å². The summed E-state index contributed by atoms with van der Waals surface area (Å²) in [5.74, 6) is -0.289. The van der Waals surface area contributed by atoms with Gasteiger partial charge in [0.25, 0.3) is 0 Å². The normalized spacial score (nSPS) is 21.3. The highest BCUT2D eigenvalue weighted by Gasteiger charge is 2.38. The summed E-state index contributed by atoms with van der Waals surface area (Å²) in [5, 5.41) is 4.17. The van der Waals surface area contributed by atoms with E-state index in [1.165, 1.54) is 0 Å². The number of sulfonamides is 1. The highest BCUT2D eigenvalue weighted by Crippen LogP contribution is 2.33. The lowest BCUT2D eigenvalue weighted by Gasteiger charge is -2.34. The second-order valence-electron chi connectivity index (χ2n) is 8.63. The molecule has 4 rings (SSSR count). The van der Waals surface area contributed by atoms with E-state index in [4.69, 9.17) is 23.2 Å². The highest BCUT2D eigenvalue weighted by atomic mass is 35.5. The van der Waals surface area contributed by atoms with Crippen molar-refractivity contribution < 1.29 is 13.2 Å². The zero-order valence-corrected chi connectivity index (χ0v) is 20.2. The topological polar surface area (TPSA) is 78.5 Å². The molecule has 2 fully saturated rings. The summed E-state index contributed by atoms with van der Waals surface area (Å²) < 4.78 is 28.3. The molecule has 32 heavy (non-hydrogen) atoms. The molecular weight excluding hydrogens is 469 g/mol. The number of carbonyl (C=O) groups is 1. The third kappa shape index (κ3) is 5.46. The zero-order chi connectivity index (χ0) is 22.9. The first kappa shape index (κ1) is 23.5. The van der Waals surface area contributed by atoms with Crippen molar-refractivity contribution in [3.8, 4) is 0 Å². The first-order valence-corrected chi connectivity index (χ1v) is 13.0. The maximum absolute atomic E-state index is 13.4. The molecule has 2 aliphatic rings. The van der Waals surface area contributed by atoms with Gasteiger partial charge in [0.15, 0.2) is 0 Å². The highest BCUT2D eigenvalue weighted by molar-refractivity contribution is 7.89. The fourth-order valence-corrected chi connectivity index (χ4v) is 5.72. The van der Waals surface area contributed by atoms with Crippen LogP contribution < -0.4 is 10.0 Å². The summed E-state index contributed by atoms with van der Waals surface area (Å²) in [6.45, 7) is 3.32. The Hall–Kier alpha value is -1.64. The van der Waals surface area contributed by atoms with Crippen molar-refractivity contribution in [3.05, 3.63) is 63.6 Å². The van der Waals surface area contributed by atoms with Crippen LogP contribution in [0.2, 0.25) is 10.0 Å². The molecule has 9 heteroatoms. The summed E-state index contributed by atoms with van der Waals surface area (Å²) in [6, 6.07) is 12.0. The summed E-state index contributed by atoms with van der Waals surface area (Å²) in [6.07, 6.45) is 2.38. The molecule has 172 valence electrons. The Balaban J connectivity index is 1.45. The van der Waals surface area contributed by atoms with E-state index in [-0.39, 0.29) is 28.8 Å². The molecule has 2 N–H and O–H groups in total. The Morgan fingerprint density at radius 3 is 2.53 bits per heavy atom. The molecule has 0 spiro atoms. The number of piperidine rings is 1. The van der Waals surface area contributed by atoms with Crippen LogP contribution in [0.15, 0.2) is 47.4 Å². The maximum atomic E-state index is 13.4. The molecule has 6 nitrogen and oxygen atoms in total. The Morgan fingerprint density at radius 1 is 1.12 bits per heavy atom. The Labute approximate surface area is 199 Å². The van der Waals surface area contributed by atoms with E-state index in [1.54, 1.807) is 30.3 Å². The van der Waals surface area contributed by atoms with Crippen LogP contribution in [0.3, 0.4) is 0 Å². The molecule has 2 aromatic carbocycles. The van der Waals surface area contributed by atoms with E-state index in [9.17, 15) is 13.2 Å². The first-order valence-electron chi connectivity index (χ1n) is 10.8. The van der Waals surface area contributed by atoms with Crippen LogP contribution in [0.5, 0.6) is 0 Å². The lowest BCUT2D eigenvalue weighted by Crippen LogP contribution is -2.53. The first-order chi connectivity index (χ1) is 15.2. The minimum Gasteiger partial charge on any atom is -0.335 e. The molecule has 1 saturated carbocycles. The van der Waals surface area contributed by atoms with E-state index in [2.05, 4.69) is 10.0 Å². The van der Waals surface area contributed by atoms with Crippen LogP contribution >= 0.6 is 23.2 Å². The summed E-state index contributed by atoms with van der Waals surface area (Å²) in [7, 11) is -3.66. The van der Waals surface area contributed by atoms with Crippen molar-refractivity contribution in [3.63, 3.8) is 0 Å². The van der Waals surface area contributed by atoms with E-state index >= 15 is 0 Å². The van der Waals surface area contributed by atoms with Crippen molar-refractivity contribution in [2.75, 3.05) is 13.1 Å². The molecule has 0 bridgehead atoms. The number of aryl methyl sites for hydroxylation is 1. The van der Waals surface area contributed by atoms with Crippen LogP contribution in [0.1, 0.15) is 30.4 Å². The van der Waals surface area contributed by atoms with Gasteiger partial charge in [-0.15, -0.1) is 0 Å². The van der Waals surface area contributed by atoms with Gasteiger partial charge in [0.2, 0.25) is 15.9 Å². The molecule has 1 aliphatic carbocycles. The fraction of sp³-hybridized carbons (Fsp3) is 0.435. The van der Waals surface area contributed by atoms with Gasteiger partial charge >= 0.3 is 0 Å². The van der Waals surface area contributed by atoms with E-state index in [1.807, 2.05) is 24.0 Å². The molecule has 2 atom stereocenters. The third-order valence-electron chi connectivity index (χ3n) is 6.00. The quantitative estimate of drug-likeness (QED) is 0.612. The number of halogens is 2. The SMILES string of the molecule is Cc1ccc(S(=O)(=O)N[C@@H]2CNC[C@@H](C(=O)N(Cc3cccc(Cl)c3Cl)C3CC3)C2)cc1. The zero-order valence-electron chi connectivity index (χ0n) is 17.9. The standard InChI is InChI=1S/C23H27Cl2N3O3S/c1-15-5-9-20(10-6-15)32(30,31)27-18-11-17(12-26-13-18)23(29)28(19-7-8-19)14-16-3-2-4-21(24)22(16)25/h2-6,9-10,17-19,26-27H,7-8,11-14H2,1H3/t17-,18-/m0/s1. The molecule has 1 saturated heterocycles. The smallest absolute Gasteiger partial charge is 0.240 e. The number of hydrogen-bond donors (Lipinski definition) is 2. The Morgan fingerprint density at radius 2 is 1.84 bits per heavy atom. The summed E-state index contributed by atoms with van der Waals surface area (Å²) in [5.41, 5.74) is 1.81. The molecule has 1 aliphatic heterocycles. The number of benzene rings is 2. The summed E-state index contributed by atoms with van der Waals surface area (Å²) in [4.78, 5) is 15.5. The number of amides is 1. The predicted molar refractivity (Wildman–Crippen MR) is 126 cm³/mol. The third-order valence-corrected chi connectivity index (χ3v) is 8.39. The lowest BCUT2D eigenvalue weighted by atomic mass is 9.94. The van der Waals surface area contributed by atoms with Gasteiger partial charge in [-0.2, -0.15) is 0 Å². The van der Waals surface area contributed by atoms with Gasteiger partial charge in [-0.05, 0) is 49.9 Å². The molecule has 1 heterocycles. The van der Waals surface area contributed by atoms with Crippen molar-refractivity contribution in [1.82, 2.24) is 14.9 Å². The Bertz CT molecular complexity index is 1090. The average Bonchev–Trinajstić information content (AvgIpc) is 3.60. The van der Waals surface area contributed by atoms with Gasteiger partial charge in [-0.1, -0.05) is 53.0 Å². The number of nitrogens with zero attached hydrogens (tertiary/aromatic N) is 1. The summed E-state index contributed by atoms with van der Waals surface area (Å²) >= 11 is 12.5. The molecular formula is C23H27Cl2N3O3S. The monoisotopic (exact) mass is 495 g/mol. The predicted octanol–water partition coefficient (Wildman–Crippen LogP) is 3.75. The van der Waals surface area contributed by atoms with Gasteiger partial charge in [0.05, 0.1) is 20.9 Å². The van der Waals surface area contributed by atoms with Crippen LogP contribution in [0.4, 0.5) is 0 Å². The number of hydrogen-bond acceptors (Lipinski definition) is 4. The minimum atomic E-state index is -3.66. The molecule has 0 radical (unpaired) electrons. The molecule has 0 unspecified atom stereocenters. The maximum Gasteiger partial charge on any atom is 0.240 e. The average molecular weight is 496 g/mol. The lowest BCUT2D eigenvalue weighted by molar-refractivity contribution is -0.137.